The Bertz CT molecular complexity index is 902. The number of allylic oxidation sites excluding steroid dienone is 1. The van der Waals surface area contributed by atoms with Crippen LogP contribution in [0.4, 0.5) is 15.0 Å². The number of hydrogen-bond acceptors (Lipinski definition) is 5. The second kappa shape index (κ2) is 8.65. The van der Waals surface area contributed by atoms with Crippen LogP contribution in [0.3, 0.4) is 0 Å². The summed E-state index contributed by atoms with van der Waals surface area (Å²) in [6, 6.07) is 8.96. The van der Waals surface area contributed by atoms with Gasteiger partial charge >= 0.3 is 6.09 Å². The molecule has 1 amide bonds. The Kier molecular flexibility index (Phi) is 6.51. The molecule has 148 valence electrons. The van der Waals surface area contributed by atoms with E-state index in [1.165, 1.54) is 30.5 Å². The van der Waals surface area contributed by atoms with E-state index in [0.29, 0.717) is 5.56 Å². The molecule has 2 rings (SSSR count). The molecule has 1 N–H and O–H groups in total. The number of benzene rings is 1. The number of carbonyl (C=O) groups excluding carboxylic acids is 2. The van der Waals surface area contributed by atoms with Crippen LogP contribution in [0, 0.1) is 5.82 Å². The summed E-state index contributed by atoms with van der Waals surface area (Å²) in [5.41, 5.74) is 0.0696. The first kappa shape index (κ1) is 21.1. The van der Waals surface area contributed by atoms with Gasteiger partial charge in [0.2, 0.25) is 0 Å². The molecule has 0 spiro atoms. The van der Waals surface area contributed by atoms with E-state index in [1.807, 2.05) is 0 Å². The van der Waals surface area contributed by atoms with Crippen LogP contribution in [0.5, 0.6) is 0 Å². The van der Waals surface area contributed by atoms with E-state index in [-0.39, 0.29) is 17.0 Å². The molecule has 0 aliphatic rings. The predicted molar refractivity (Wildman–Crippen MR) is 106 cm³/mol. The van der Waals surface area contributed by atoms with Crippen molar-refractivity contribution in [2.45, 2.75) is 26.4 Å². The number of nitrogens with zero attached hydrogens (tertiary/aromatic N) is 2. The molecular formula is C21H24FN3O3. The minimum Gasteiger partial charge on any atom is -0.444 e. The fraction of sp³-hybridized carbons (Fsp3) is 0.286. The maximum Gasteiger partial charge on any atom is 0.413 e. The molecule has 1 aromatic carbocycles. The van der Waals surface area contributed by atoms with Gasteiger partial charge < -0.3 is 9.64 Å². The summed E-state index contributed by atoms with van der Waals surface area (Å²) in [6.45, 7) is 5.25. The zero-order valence-corrected chi connectivity index (χ0v) is 16.6. The maximum absolute atomic E-state index is 14.1. The fourth-order valence-corrected chi connectivity index (χ4v) is 2.39. The van der Waals surface area contributed by atoms with Crippen molar-refractivity contribution in [1.29, 1.82) is 0 Å². The van der Waals surface area contributed by atoms with Crippen molar-refractivity contribution >= 4 is 23.3 Å². The van der Waals surface area contributed by atoms with Crippen LogP contribution in [-0.4, -0.2) is 41.5 Å². The topological polar surface area (TPSA) is 71.5 Å². The van der Waals surface area contributed by atoms with Crippen LogP contribution in [0.1, 0.15) is 36.7 Å². The maximum atomic E-state index is 14.1. The lowest BCUT2D eigenvalue weighted by Gasteiger charge is -2.19. The van der Waals surface area contributed by atoms with E-state index in [1.54, 1.807) is 58.1 Å². The number of hydrogen-bond donors (Lipinski definition) is 1. The Morgan fingerprint density at radius 1 is 1.18 bits per heavy atom. The van der Waals surface area contributed by atoms with Gasteiger partial charge in [0.05, 0.1) is 5.56 Å². The Hall–Kier alpha value is -3.22. The number of Topliss-reactive ketones (excluding diaryl/α,β-unsaturated/α-hetero) is 1. The highest BCUT2D eigenvalue weighted by molar-refractivity contribution is 6.29. The van der Waals surface area contributed by atoms with Crippen molar-refractivity contribution in [2.75, 3.05) is 19.4 Å². The molecule has 0 bridgehead atoms. The van der Waals surface area contributed by atoms with E-state index in [2.05, 4.69) is 10.3 Å². The summed E-state index contributed by atoms with van der Waals surface area (Å²) < 4.78 is 19.3. The lowest BCUT2D eigenvalue weighted by molar-refractivity contribution is 0.0635. The van der Waals surface area contributed by atoms with Crippen LogP contribution < -0.4 is 5.32 Å². The summed E-state index contributed by atoms with van der Waals surface area (Å²) in [5.74, 6) is -0.850. The van der Waals surface area contributed by atoms with Crippen molar-refractivity contribution in [3.8, 4) is 0 Å². The molecule has 6 nitrogen and oxygen atoms in total. The van der Waals surface area contributed by atoms with Gasteiger partial charge in [-0.05, 0) is 50.6 Å². The molecule has 2 aromatic rings. The fourth-order valence-electron chi connectivity index (χ4n) is 2.39. The summed E-state index contributed by atoms with van der Waals surface area (Å²) >= 11 is 0. The van der Waals surface area contributed by atoms with Crippen molar-refractivity contribution in [1.82, 2.24) is 9.88 Å². The highest BCUT2D eigenvalue weighted by atomic mass is 19.1. The van der Waals surface area contributed by atoms with Gasteiger partial charge in [-0.3, -0.25) is 10.1 Å². The minimum absolute atomic E-state index is 0.0333. The predicted octanol–water partition coefficient (Wildman–Crippen LogP) is 4.35. The lowest BCUT2D eigenvalue weighted by Crippen LogP contribution is -2.27. The average Bonchev–Trinajstić information content (AvgIpc) is 2.58. The van der Waals surface area contributed by atoms with Gasteiger partial charge in [-0.2, -0.15) is 0 Å². The van der Waals surface area contributed by atoms with E-state index in [4.69, 9.17) is 4.74 Å². The SMILES string of the molecule is CN(C)C=C(C(=O)c1ccccc1F)c1ccnc(NC(=O)OC(C)(C)C)c1. The van der Waals surface area contributed by atoms with E-state index < -0.39 is 23.3 Å². The number of carbonyl (C=O) groups is 2. The van der Waals surface area contributed by atoms with Crippen molar-refractivity contribution in [3.05, 3.63) is 65.7 Å². The van der Waals surface area contributed by atoms with E-state index in [9.17, 15) is 14.0 Å². The standard InChI is InChI=1S/C21H24FN3O3/c1-21(2,3)28-20(27)24-18-12-14(10-11-23-18)16(13-25(4)5)19(26)15-8-6-7-9-17(15)22/h6-13H,1-5H3,(H,23,24,27). The molecule has 28 heavy (non-hydrogen) atoms. The number of amides is 1. The molecule has 0 unspecified atom stereocenters. The Labute approximate surface area is 164 Å². The van der Waals surface area contributed by atoms with Crippen LogP contribution in [0.2, 0.25) is 0 Å². The van der Waals surface area contributed by atoms with Crippen molar-refractivity contribution in [2.24, 2.45) is 0 Å². The number of anilines is 1. The average molecular weight is 385 g/mol. The molecule has 0 radical (unpaired) electrons. The Balaban J connectivity index is 2.37. The molecule has 0 aliphatic heterocycles. The molecular weight excluding hydrogens is 361 g/mol. The van der Waals surface area contributed by atoms with Gasteiger partial charge in [0, 0.05) is 32.1 Å². The second-order valence-electron chi connectivity index (χ2n) is 7.37. The van der Waals surface area contributed by atoms with Gasteiger partial charge in [-0.1, -0.05) is 12.1 Å². The van der Waals surface area contributed by atoms with Gasteiger partial charge in [-0.25, -0.2) is 14.2 Å². The van der Waals surface area contributed by atoms with Crippen molar-refractivity contribution < 1.29 is 18.7 Å². The van der Waals surface area contributed by atoms with Crippen LogP contribution in [-0.2, 0) is 4.74 Å². The summed E-state index contributed by atoms with van der Waals surface area (Å²) in [6.07, 6.45) is 2.40. The van der Waals surface area contributed by atoms with Crippen molar-refractivity contribution in [3.63, 3.8) is 0 Å². The Morgan fingerprint density at radius 3 is 2.46 bits per heavy atom. The minimum atomic E-state index is -0.657. The van der Waals surface area contributed by atoms with E-state index >= 15 is 0 Å². The molecule has 1 aromatic heterocycles. The number of pyridine rings is 1. The number of rotatable bonds is 5. The summed E-state index contributed by atoms with van der Waals surface area (Å²) in [7, 11) is 3.52. The second-order valence-corrected chi connectivity index (χ2v) is 7.37. The third kappa shape index (κ3) is 5.90. The van der Waals surface area contributed by atoms with Crippen LogP contribution in [0.15, 0.2) is 48.8 Å². The molecule has 0 fully saturated rings. The van der Waals surface area contributed by atoms with Gasteiger partial charge in [0.15, 0.2) is 5.78 Å². The molecule has 0 saturated heterocycles. The van der Waals surface area contributed by atoms with Gasteiger partial charge in [-0.15, -0.1) is 0 Å². The lowest BCUT2D eigenvalue weighted by atomic mass is 9.97. The third-order valence-corrected chi connectivity index (χ3v) is 3.45. The molecule has 0 aliphatic carbocycles. The molecule has 0 saturated carbocycles. The van der Waals surface area contributed by atoms with Gasteiger partial charge in [0.1, 0.15) is 17.2 Å². The smallest absolute Gasteiger partial charge is 0.413 e. The normalized spacial score (nSPS) is 11.7. The molecule has 0 atom stereocenters. The van der Waals surface area contributed by atoms with Crippen LogP contribution in [0.25, 0.3) is 5.57 Å². The number of aromatic nitrogens is 1. The highest BCUT2D eigenvalue weighted by Crippen LogP contribution is 2.23. The molecule has 1 heterocycles. The first-order valence-corrected chi connectivity index (χ1v) is 8.71. The number of halogens is 1. The first-order valence-electron chi connectivity index (χ1n) is 8.71. The van der Waals surface area contributed by atoms with Gasteiger partial charge in [0.25, 0.3) is 0 Å². The first-order chi connectivity index (χ1) is 13.1. The number of nitrogens with one attached hydrogen (secondary N) is 1. The van der Waals surface area contributed by atoms with E-state index in [0.717, 1.165) is 0 Å². The molecule has 7 heteroatoms. The Morgan fingerprint density at radius 2 is 1.86 bits per heavy atom. The zero-order valence-electron chi connectivity index (χ0n) is 16.6. The quantitative estimate of drug-likeness (QED) is 0.612. The summed E-state index contributed by atoms with van der Waals surface area (Å²) in [5, 5.41) is 2.54. The monoisotopic (exact) mass is 385 g/mol. The summed E-state index contributed by atoms with van der Waals surface area (Å²) in [4.78, 5) is 30.7. The highest BCUT2D eigenvalue weighted by Gasteiger charge is 2.20. The largest absolute Gasteiger partial charge is 0.444 e. The zero-order chi connectivity index (χ0) is 20.9. The van der Waals surface area contributed by atoms with Crippen LogP contribution >= 0.6 is 0 Å². The number of ketones is 1. The third-order valence-electron chi connectivity index (χ3n) is 3.45. The number of ether oxygens (including phenoxy) is 1.